The number of methoxy groups -OCH3 is 1. The van der Waals surface area contributed by atoms with Gasteiger partial charge in [0.05, 0.1) is 18.7 Å². The Morgan fingerprint density at radius 1 is 1.17 bits per heavy atom. The second-order valence-electron chi connectivity index (χ2n) is 5.88. The number of ether oxygens (including phenoxy) is 1. The maximum atomic E-state index is 12.5. The van der Waals surface area contributed by atoms with Crippen molar-refractivity contribution in [1.29, 1.82) is 0 Å². The lowest BCUT2D eigenvalue weighted by Crippen LogP contribution is -2.62. The van der Waals surface area contributed by atoms with E-state index in [-0.39, 0.29) is 10.9 Å². The number of carbonyl (C=O) groups is 1. The van der Waals surface area contributed by atoms with Crippen molar-refractivity contribution in [3.8, 4) is 0 Å². The average molecular weight is 346 g/mol. The van der Waals surface area contributed by atoms with Crippen LogP contribution in [0.2, 0.25) is 0 Å². The van der Waals surface area contributed by atoms with Crippen molar-refractivity contribution in [1.82, 2.24) is 9.88 Å². The molecule has 0 N–H and O–H groups in total. The number of rotatable bonds is 4. The highest BCUT2D eigenvalue weighted by Gasteiger charge is 2.47. The zero-order chi connectivity index (χ0) is 17.4. The summed E-state index contributed by atoms with van der Waals surface area (Å²) in [6.07, 6.45) is 2.38. The summed E-state index contributed by atoms with van der Waals surface area (Å²) in [5, 5.41) is -0.0433. The van der Waals surface area contributed by atoms with Crippen LogP contribution >= 0.6 is 0 Å². The molecule has 0 spiro atoms. The smallest absolute Gasteiger partial charge is 0.255 e. The number of hydrogen-bond acceptors (Lipinski definition) is 5. The van der Waals surface area contributed by atoms with Crippen LogP contribution < -0.4 is 0 Å². The Balaban J connectivity index is 1.74. The molecule has 2 heterocycles. The van der Waals surface area contributed by atoms with Gasteiger partial charge in [-0.15, -0.1) is 0 Å². The third-order valence-corrected chi connectivity index (χ3v) is 5.23. The fourth-order valence-corrected chi connectivity index (χ4v) is 3.35. The quantitative estimate of drug-likeness (QED) is 0.838. The molecule has 0 atom stereocenters. The molecule has 6 nitrogen and oxygen atoms in total. The molecule has 1 saturated heterocycles. The van der Waals surface area contributed by atoms with Crippen molar-refractivity contribution in [2.75, 3.05) is 26.5 Å². The van der Waals surface area contributed by atoms with Gasteiger partial charge in [-0.1, -0.05) is 30.3 Å². The summed E-state index contributed by atoms with van der Waals surface area (Å²) in [5.41, 5.74) is 0.902. The van der Waals surface area contributed by atoms with Crippen LogP contribution in [0.4, 0.5) is 0 Å². The molecule has 0 radical (unpaired) electrons. The Bertz CT molecular complexity index is 842. The summed E-state index contributed by atoms with van der Waals surface area (Å²) >= 11 is 0. The lowest BCUT2D eigenvalue weighted by molar-refractivity contribution is -0.114. The number of amides is 1. The molecule has 2 aromatic rings. The van der Waals surface area contributed by atoms with Crippen LogP contribution in [0.3, 0.4) is 0 Å². The number of pyridine rings is 1. The van der Waals surface area contributed by atoms with Crippen molar-refractivity contribution in [3.63, 3.8) is 0 Å². The van der Waals surface area contributed by atoms with Crippen LogP contribution in [0.1, 0.15) is 15.9 Å². The van der Waals surface area contributed by atoms with Gasteiger partial charge in [-0.05, 0) is 17.7 Å². The van der Waals surface area contributed by atoms with E-state index in [1.54, 1.807) is 12.0 Å². The number of nitrogens with zero attached hydrogens (tertiary/aromatic N) is 2. The molecule has 126 valence electrons. The van der Waals surface area contributed by atoms with Crippen LogP contribution in [0, 0.1) is 0 Å². The van der Waals surface area contributed by atoms with E-state index in [0.717, 1.165) is 11.8 Å². The van der Waals surface area contributed by atoms with E-state index in [0.29, 0.717) is 18.7 Å². The topological polar surface area (TPSA) is 76.6 Å². The number of sulfone groups is 1. The number of likely N-dealkylation sites (tertiary alicyclic amines) is 1. The first kappa shape index (κ1) is 16.6. The lowest BCUT2D eigenvalue weighted by atomic mass is 9.85. The van der Waals surface area contributed by atoms with E-state index in [9.17, 15) is 13.2 Å². The summed E-state index contributed by atoms with van der Waals surface area (Å²) in [4.78, 5) is 18.0. The minimum absolute atomic E-state index is 0.0433. The van der Waals surface area contributed by atoms with Crippen molar-refractivity contribution in [2.24, 2.45) is 0 Å². The van der Waals surface area contributed by atoms with Crippen LogP contribution in [0.15, 0.2) is 53.7 Å². The lowest BCUT2D eigenvalue weighted by Gasteiger charge is -2.49. The molecule has 3 rings (SSSR count). The molecule has 1 amide bonds. The van der Waals surface area contributed by atoms with E-state index in [4.69, 9.17) is 4.74 Å². The van der Waals surface area contributed by atoms with E-state index in [2.05, 4.69) is 4.98 Å². The van der Waals surface area contributed by atoms with Crippen LogP contribution in [-0.2, 0) is 20.2 Å². The second-order valence-corrected chi connectivity index (χ2v) is 7.85. The minimum Gasteiger partial charge on any atom is -0.370 e. The molecule has 1 fully saturated rings. The summed E-state index contributed by atoms with van der Waals surface area (Å²) < 4.78 is 28.5. The Morgan fingerprint density at radius 3 is 2.33 bits per heavy atom. The zero-order valence-electron chi connectivity index (χ0n) is 13.5. The molecule has 7 heteroatoms. The van der Waals surface area contributed by atoms with Gasteiger partial charge in [-0.2, -0.15) is 0 Å². The van der Waals surface area contributed by atoms with Gasteiger partial charge in [-0.25, -0.2) is 13.4 Å². The summed E-state index contributed by atoms with van der Waals surface area (Å²) in [7, 11) is -1.74. The number of hydrogen-bond donors (Lipinski definition) is 0. The number of benzene rings is 1. The van der Waals surface area contributed by atoms with Gasteiger partial charge in [0, 0.05) is 19.6 Å². The largest absolute Gasteiger partial charge is 0.370 e. The normalized spacial score (nSPS) is 16.5. The van der Waals surface area contributed by atoms with Gasteiger partial charge in [-0.3, -0.25) is 4.79 Å². The van der Waals surface area contributed by atoms with Gasteiger partial charge in [0.1, 0.15) is 5.60 Å². The van der Waals surface area contributed by atoms with Crippen molar-refractivity contribution >= 4 is 15.7 Å². The Hall–Kier alpha value is -2.25. The Labute approximate surface area is 141 Å². The van der Waals surface area contributed by atoms with Gasteiger partial charge in [0.25, 0.3) is 5.91 Å². The molecule has 1 aliphatic rings. The SMILES string of the molecule is COC1(c2ccccc2)CN(C(=O)c2ccc(S(C)(=O)=O)nc2)C1. The molecule has 0 bridgehead atoms. The zero-order valence-corrected chi connectivity index (χ0v) is 14.3. The van der Waals surface area contributed by atoms with Crippen molar-refractivity contribution < 1.29 is 17.9 Å². The molecular weight excluding hydrogens is 328 g/mol. The van der Waals surface area contributed by atoms with E-state index in [1.165, 1.54) is 18.3 Å². The first-order valence-electron chi connectivity index (χ1n) is 7.42. The third-order valence-electron chi connectivity index (χ3n) is 4.23. The van der Waals surface area contributed by atoms with Gasteiger partial charge < -0.3 is 9.64 Å². The second kappa shape index (κ2) is 5.99. The van der Waals surface area contributed by atoms with Crippen LogP contribution in [0.25, 0.3) is 0 Å². The summed E-state index contributed by atoms with van der Waals surface area (Å²) in [6, 6.07) is 12.6. The van der Waals surface area contributed by atoms with Crippen molar-refractivity contribution in [3.05, 3.63) is 59.8 Å². The molecule has 1 aromatic carbocycles. The standard InChI is InChI=1S/C17H18N2O4S/c1-23-17(14-6-4-3-5-7-14)11-19(12-17)16(20)13-8-9-15(18-10-13)24(2,21)22/h3-10H,11-12H2,1-2H3. The fraction of sp³-hybridized carbons (Fsp3) is 0.294. The highest BCUT2D eigenvalue weighted by molar-refractivity contribution is 7.90. The molecule has 0 unspecified atom stereocenters. The maximum Gasteiger partial charge on any atom is 0.255 e. The van der Waals surface area contributed by atoms with Gasteiger partial charge in [0.15, 0.2) is 14.9 Å². The highest BCUT2D eigenvalue weighted by Crippen LogP contribution is 2.35. The maximum absolute atomic E-state index is 12.5. The molecule has 0 saturated carbocycles. The molecule has 1 aromatic heterocycles. The Morgan fingerprint density at radius 2 is 1.83 bits per heavy atom. The van der Waals surface area contributed by atoms with Crippen LogP contribution in [-0.4, -0.2) is 50.7 Å². The first-order valence-corrected chi connectivity index (χ1v) is 9.31. The highest BCUT2D eigenvalue weighted by atomic mass is 32.2. The summed E-state index contributed by atoms with van der Waals surface area (Å²) in [5.74, 6) is -0.189. The van der Waals surface area contributed by atoms with Gasteiger partial charge >= 0.3 is 0 Å². The van der Waals surface area contributed by atoms with Gasteiger partial charge in [0.2, 0.25) is 0 Å². The van der Waals surface area contributed by atoms with E-state index < -0.39 is 15.4 Å². The monoisotopic (exact) mass is 346 g/mol. The number of carbonyl (C=O) groups excluding carboxylic acids is 1. The fourth-order valence-electron chi connectivity index (χ4n) is 2.79. The molecule has 24 heavy (non-hydrogen) atoms. The predicted octanol–water partition coefficient (Wildman–Crippen LogP) is 1.48. The summed E-state index contributed by atoms with van der Waals surface area (Å²) in [6.45, 7) is 0.889. The molecular formula is C17H18N2O4S. The van der Waals surface area contributed by atoms with Crippen LogP contribution in [0.5, 0.6) is 0 Å². The molecule has 0 aliphatic carbocycles. The molecule has 1 aliphatic heterocycles. The van der Waals surface area contributed by atoms with E-state index >= 15 is 0 Å². The first-order chi connectivity index (χ1) is 11.4. The third kappa shape index (κ3) is 2.92. The number of aromatic nitrogens is 1. The average Bonchev–Trinajstić information content (AvgIpc) is 2.54. The predicted molar refractivity (Wildman–Crippen MR) is 88.4 cm³/mol. The van der Waals surface area contributed by atoms with E-state index in [1.807, 2.05) is 30.3 Å². The van der Waals surface area contributed by atoms with Crippen molar-refractivity contribution in [2.45, 2.75) is 10.6 Å². The minimum atomic E-state index is -3.37. The Kier molecular flexibility index (Phi) is 4.15.